The number of aliphatic hydroxyl groups excluding tert-OH is 1. The molecule has 1 heterocycles. The molecule has 186 valence electrons. The van der Waals surface area contributed by atoms with Crippen LogP contribution in [0.4, 0.5) is 0 Å². The molecule has 1 atom stereocenters. The maximum Gasteiger partial charge on any atom is 0.119 e. The molecule has 0 spiro atoms. The molecule has 1 aliphatic heterocycles. The van der Waals surface area contributed by atoms with Crippen LogP contribution in [0.3, 0.4) is 0 Å². The topological polar surface area (TPSA) is 52.9 Å². The molecule has 4 rings (SSSR count). The molecule has 0 bridgehead atoms. The summed E-state index contributed by atoms with van der Waals surface area (Å²) in [6, 6.07) is 23.5. The van der Waals surface area contributed by atoms with Crippen LogP contribution in [0.15, 0.2) is 72.8 Å². The van der Waals surface area contributed by atoms with Crippen molar-refractivity contribution in [1.29, 1.82) is 0 Å². The van der Waals surface area contributed by atoms with Crippen LogP contribution < -0.4 is 4.74 Å². The van der Waals surface area contributed by atoms with E-state index in [4.69, 9.17) is 21.4 Å². The summed E-state index contributed by atoms with van der Waals surface area (Å²) < 4.78 is 6.03. The van der Waals surface area contributed by atoms with Gasteiger partial charge in [0.15, 0.2) is 0 Å². The Labute approximate surface area is 214 Å². The summed E-state index contributed by atoms with van der Waals surface area (Å²) in [5.41, 5.74) is 2.69. The first-order valence-electron chi connectivity index (χ1n) is 12.6. The van der Waals surface area contributed by atoms with Crippen LogP contribution in [0.1, 0.15) is 41.5 Å². The van der Waals surface area contributed by atoms with Gasteiger partial charge < -0.3 is 14.9 Å². The Morgan fingerprint density at radius 2 is 1.51 bits per heavy atom. The van der Waals surface area contributed by atoms with Crippen molar-refractivity contribution in [2.24, 2.45) is 5.92 Å². The third-order valence-corrected chi connectivity index (χ3v) is 7.41. The number of likely N-dealkylation sites (tertiary alicyclic amines) is 1. The maximum atomic E-state index is 12.0. The summed E-state index contributed by atoms with van der Waals surface area (Å²) in [6.07, 6.45) is 3.67. The van der Waals surface area contributed by atoms with Gasteiger partial charge in [-0.05, 0) is 86.1 Å². The van der Waals surface area contributed by atoms with Gasteiger partial charge in [-0.1, -0.05) is 65.7 Å². The number of hydrogen-bond acceptors (Lipinski definition) is 4. The fourth-order valence-electron chi connectivity index (χ4n) is 4.90. The normalized spacial score (nSPS) is 16.7. The molecule has 3 aromatic carbocycles. The molecule has 0 aromatic heterocycles. The van der Waals surface area contributed by atoms with E-state index in [1.54, 1.807) is 0 Å². The molecule has 5 heteroatoms. The second kappa shape index (κ2) is 12.0. The molecule has 1 fully saturated rings. The van der Waals surface area contributed by atoms with Gasteiger partial charge in [0.25, 0.3) is 0 Å². The minimum Gasteiger partial charge on any atom is -0.492 e. The van der Waals surface area contributed by atoms with Gasteiger partial charge in [-0.25, -0.2) is 0 Å². The Hall–Kier alpha value is -2.37. The fraction of sp³-hybridized carbons (Fsp3) is 0.400. The van der Waals surface area contributed by atoms with E-state index in [2.05, 4.69) is 4.90 Å². The fourth-order valence-corrected chi connectivity index (χ4v) is 5.02. The minimum atomic E-state index is -1.17. The lowest BCUT2D eigenvalue weighted by Crippen LogP contribution is -2.36. The van der Waals surface area contributed by atoms with E-state index in [-0.39, 0.29) is 0 Å². The average Bonchev–Trinajstić information content (AvgIpc) is 2.87. The first kappa shape index (κ1) is 25.7. The number of ether oxygens (including phenoxy) is 1. The van der Waals surface area contributed by atoms with Gasteiger partial charge in [-0.2, -0.15) is 0 Å². The highest BCUT2D eigenvalue weighted by Gasteiger charge is 2.32. The first-order chi connectivity index (χ1) is 17.0. The molecule has 1 unspecified atom stereocenters. The van der Waals surface area contributed by atoms with E-state index in [0.29, 0.717) is 30.6 Å². The molecule has 35 heavy (non-hydrogen) atoms. The molecular formula is C30H36ClNO3. The third-order valence-electron chi connectivity index (χ3n) is 7.15. The number of rotatable bonds is 10. The van der Waals surface area contributed by atoms with Crippen molar-refractivity contribution in [2.45, 2.75) is 38.2 Å². The number of benzene rings is 3. The smallest absolute Gasteiger partial charge is 0.119 e. The summed E-state index contributed by atoms with van der Waals surface area (Å²) >= 11 is 6.07. The number of nitrogens with zero attached hydrogens (tertiary/aromatic N) is 1. The zero-order chi connectivity index (χ0) is 24.7. The van der Waals surface area contributed by atoms with Crippen LogP contribution in [0, 0.1) is 12.8 Å². The second-order valence-electron chi connectivity index (χ2n) is 9.70. The zero-order valence-corrected chi connectivity index (χ0v) is 21.3. The van der Waals surface area contributed by atoms with Gasteiger partial charge in [-0.15, -0.1) is 0 Å². The highest BCUT2D eigenvalue weighted by Crippen LogP contribution is 2.35. The highest BCUT2D eigenvalue weighted by atomic mass is 35.5. The lowest BCUT2D eigenvalue weighted by Gasteiger charge is -2.31. The van der Waals surface area contributed by atoms with E-state index in [9.17, 15) is 5.11 Å². The Balaban J connectivity index is 1.42. The highest BCUT2D eigenvalue weighted by molar-refractivity contribution is 6.30. The average molecular weight is 494 g/mol. The van der Waals surface area contributed by atoms with E-state index >= 15 is 0 Å². The Morgan fingerprint density at radius 3 is 2.11 bits per heavy atom. The molecule has 3 aromatic rings. The zero-order valence-electron chi connectivity index (χ0n) is 20.5. The van der Waals surface area contributed by atoms with Crippen molar-refractivity contribution in [3.05, 3.63) is 100 Å². The SMILES string of the molecule is Cc1ccc(C(O)(Cc2ccc(Cl)cc2)c2ccc(OCCN3CCC(CCO)CC3)cc2)cc1. The molecule has 0 aliphatic carbocycles. The van der Waals surface area contributed by atoms with Crippen LogP contribution in [0.25, 0.3) is 0 Å². The van der Waals surface area contributed by atoms with E-state index in [1.807, 2.05) is 79.7 Å². The number of aliphatic hydroxyl groups is 2. The lowest BCUT2D eigenvalue weighted by molar-refractivity contribution is 0.0810. The van der Waals surface area contributed by atoms with Gasteiger partial charge in [0.05, 0.1) is 0 Å². The van der Waals surface area contributed by atoms with Crippen molar-refractivity contribution < 1.29 is 14.9 Å². The van der Waals surface area contributed by atoms with Crippen molar-refractivity contribution >= 4 is 11.6 Å². The minimum absolute atomic E-state index is 0.294. The molecular weight excluding hydrogens is 458 g/mol. The van der Waals surface area contributed by atoms with Crippen LogP contribution in [-0.4, -0.2) is 48.0 Å². The van der Waals surface area contributed by atoms with Crippen LogP contribution in [0.2, 0.25) is 5.02 Å². The Bertz CT molecular complexity index is 1040. The monoisotopic (exact) mass is 493 g/mol. The number of hydrogen-bond donors (Lipinski definition) is 2. The molecule has 1 saturated heterocycles. The van der Waals surface area contributed by atoms with E-state index in [0.717, 1.165) is 66.9 Å². The summed E-state index contributed by atoms with van der Waals surface area (Å²) in [4.78, 5) is 2.44. The third kappa shape index (κ3) is 6.86. The molecule has 4 nitrogen and oxygen atoms in total. The molecule has 2 N–H and O–H groups in total. The summed E-state index contributed by atoms with van der Waals surface area (Å²) in [6.45, 7) is 6.02. The first-order valence-corrected chi connectivity index (χ1v) is 12.9. The molecule has 0 saturated carbocycles. The Morgan fingerprint density at radius 1 is 0.914 bits per heavy atom. The molecule has 1 aliphatic rings. The van der Waals surface area contributed by atoms with Crippen molar-refractivity contribution in [3.63, 3.8) is 0 Å². The summed E-state index contributed by atoms with van der Waals surface area (Å²) in [5.74, 6) is 1.46. The van der Waals surface area contributed by atoms with Crippen molar-refractivity contribution in [1.82, 2.24) is 4.90 Å². The number of piperidine rings is 1. The quantitative estimate of drug-likeness (QED) is 0.386. The summed E-state index contributed by atoms with van der Waals surface area (Å²) in [5, 5.41) is 21.8. The predicted octanol–water partition coefficient (Wildman–Crippen LogP) is 5.60. The van der Waals surface area contributed by atoms with Crippen molar-refractivity contribution in [2.75, 3.05) is 32.8 Å². The number of halogens is 1. The number of aryl methyl sites for hydroxylation is 1. The lowest BCUT2D eigenvalue weighted by atomic mass is 9.81. The van der Waals surface area contributed by atoms with Crippen LogP contribution in [-0.2, 0) is 12.0 Å². The molecule has 0 radical (unpaired) electrons. The van der Waals surface area contributed by atoms with Gasteiger partial charge >= 0.3 is 0 Å². The van der Waals surface area contributed by atoms with Crippen LogP contribution >= 0.6 is 11.6 Å². The molecule has 0 amide bonds. The predicted molar refractivity (Wildman–Crippen MR) is 142 cm³/mol. The van der Waals surface area contributed by atoms with Gasteiger partial charge in [0.1, 0.15) is 18.0 Å². The van der Waals surface area contributed by atoms with Gasteiger partial charge in [0.2, 0.25) is 0 Å². The standard InChI is InChI=1S/C30H36ClNO3/c1-23-2-6-26(7-3-23)30(34,22-25-4-10-28(31)11-5-25)27-8-12-29(13-9-27)35-21-19-32-17-14-24(15-18-32)16-20-33/h2-13,24,33-34H,14-22H2,1H3. The largest absolute Gasteiger partial charge is 0.492 e. The van der Waals surface area contributed by atoms with Gasteiger partial charge in [-0.3, -0.25) is 4.90 Å². The Kier molecular flexibility index (Phi) is 8.85. The van der Waals surface area contributed by atoms with Crippen molar-refractivity contribution in [3.8, 4) is 5.75 Å². The maximum absolute atomic E-state index is 12.0. The van der Waals surface area contributed by atoms with E-state index < -0.39 is 5.60 Å². The second-order valence-corrected chi connectivity index (χ2v) is 10.1. The summed E-state index contributed by atoms with van der Waals surface area (Å²) in [7, 11) is 0. The van der Waals surface area contributed by atoms with E-state index in [1.165, 1.54) is 0 Å². The van der Waals surface area contributed by atoms with Gasteiger partial charge in [0, 0.05) is 24.6 Å². The van der Waals surface area contributed by atoms with Crippen LogP contribution in [0.5, 0.6) is 5.75 Å².